The zero-order chi connectivity index (χ0) is 23.3. The molecule has 166 valence electrons. The Morgan fingerprint density at radius 1 is 0.938 bits per heavy atom. The summed E-state index contributed by atoms with van der Waals surface area (Å²) < 4.78 is 44.9. The number of rotatable bonds is 6. The van der Waals surface area contributed by atoms with Crippen molar-refractivity contribution in [2.75, 3.05) is 17.2 Å². The third-order valence-corrected chi connectivity index (χ3v) is 5.25. The second-order valence-corrected chi connectivity index (χ2v) is 7.72. The molecule has 0 atom stereocenters. The summed E-state index contributed by atoms with van der Waals surface area (Å²) in [5, 5.41) is 5.05. The minimum atomic E-state index is -4.51. The van der Waals surface area contributed by atoms with E-state index in [1.165, 1.54) is 24.3 Å². The van der Waals surface area contributed by atoms with E-state index in [0.29, 0.717) is 11.4 Å². The van der Waals surface area contributed by atoms with Crippen LogP contribution < -0.4 is 15.4 Å². The first-order valence-corrected chi connectivity index (χ1v) is 10.2. The van der Waals surface area contributed by atoms with E-state index < -0.39 is 23.6 Å². The predicted molar refractivity (Wildman–Crippen MR) is 119 cm³/mol. The molecule has 3 rings (SSSR count). The van der Waals surface area contributed by atoms with Gasteiger partial charge in [-0.3, -0.25) is 9.59 Å². The molecule has 32 heavy (non-hydrogen) atoms. The normalized spacial score (nSPS) is 11.0. The molecule has 0 bridgehead atoms. The lowest BCUT2D eigenvalue weighted by Crippen LogP contribution is -2.20. The summed E-state index contributed by atoms with van der Waals surface area (Å²) in [4.78, 5) is 24.6. The molecule has 3 aromatic carbocycles. The average molecular weight is 507 g/mol. The monoisotopic (exact) mass is 506 g/mol. The molecule has 0 spiro atoms. The first-order chi connectivity index (χ1) is 15.1. The summed E-state index contributed by atoms with van der Waals surface area (Å²) in [6.07, 6.45) is -4.51. The Balaban J connectivity index is 1.61. The molecule has 5 nitrogen and oxygen atoms in total. The van der Waals surface area contributed by atoms with Crippen molar-refractivity contribution >= 4 is 39.1 Å². The van der Waals surface area contributed by atoms with Gasteiger partial charge >= 0.3 is 6.18 Å². The fourth-order valence-electron chi connectivity index (χ4n) is 2.77. The van der Waals surface area contributed by atoms with Crippen molar-refractivity contribution in [3.05, 3.63) is 87.9 Å². The lowest BCUT2D eigenvalue weighted by atomic mass is 10.1. The smallest absolute Gasteiger partial charge is 0.416 e. The lowest BCUT2D eigenvalue weighted by molar-refractivity contribution is -0.137. The van der Waals surface area contributed by atoms with Crippen LogP contribution >= 0.6 is 15.9 Å². The molecule has 3 aromatic rings. The first kappa shape index (κ1) is 23.3. The van der Waals surface area contributed by atoms with Crippen LogP contribution in [-0.2, 0) is 11.0 Å². The number of nitrogens with one attached hydrogen (secondary N) is 2. The van der Waals surface area contributed by atoms with Crippen LogP contribution in [0.2, 0.25) is 0 Å². The van der Waals surface area contributed by atoms with Crippen LogP contribution in [0.5, 0.6) is 5.75 Å². The molecule has 0 aliphatic heterocycles. The standard InChI is InChI=1S/C23H18BrF3N2O3/c1-14-10-19(8-9-20(14)24)32-13-21(30)28-17-6-2-4-15(11-17)22(31)29-18-7-3-5-16(12-18)23(25,26)27/h2-12H,13H2,1H3,(H,28,30)(H,29,31). The Bertz CT molecular complexity index is 1150. The average Bonchev–Trinajstić information content (AvgIpc) is 2.74. The topological polar surface area (TPSA) is 67.4 Å². The number of carbonyl (C=O) groups is 2. The summed E-state index contributed by atoms with van der Waals surface area (Å²) in [5.41, 5.74) is 0.629. The van der Waals surface area contributed by atoms with E-state index in [-0.39, 0.29) is 17.9 Å². The van der Waals surface area contributed by atoms with Gasteiger partial charge in [0, 0.05) is 21.4 Å². The number of hydrogen-bond acceptors (Lipinski definition) is 3. The predicted octanol–water partition coefficient (Wildman–Crippen LogP) is 6.05. The molecule has 0 heterocycles. The molecule has 0 fully saturated rings. The highest BCUT2D eigenvalue weighted by Gasteiger charge is 2.30. The summed E-state index contributed by atoms with van der Waals surface area (Å²) in [7, 11) is 0. The van der Waals surface area contributed by atoms with Crippen LogP contribution in [0.25, 0.3) is 0 Å². The third kappa shape index (κ3) is 6.34. The molecule has 0 saturated heterocycles. The maximum Gasteiger partial charge on any atom is 0.416 e. The highest BCUT2D eigenvalue weighted by Crippen LogP contribution is 2.30. The molecule has 2 amide bonds. The molecule has 9 heteroatoms. The largest absolute Gasteiger partial charge is 0.484 e. The Hall–Kier alpha value is -3.33. The third-order valence-electron chi connectivity index (χ3n) is 4.36. The summed E-state index contributed by atoms with van der Waals surface area (Å²) in [5.74, 6) is -0.502. The van der Waals surface area contributed by atoms with Crippen molar-refractivity contribution in [1.29, 1.82) is 0 Å². The molecule has 0 aliphatic carbocycles. The fraction of sp³-hybridized carbons (Fsp3) is 0.130. The molecule has 2 N–H and O–H groups in total. The molecule has 0 unspecified atom stereocenters. The molecule has 0 aromatic heterocycles. The summed E-state index contributed by atoms with van der Waals surface area (Å²) >= 11 is 3.39. The van der Waals surface area contributed by atoms with Crippen molar-refractivity contribution in [3.63, 3.8) is 0 Å². The molecule has 0 aliphatic rings. The number of anilines is 2. The van der Waals surface area contributed by atoms with E-state index in [4.69, 9.17) is 4.74 Å². The van der Waals surface area contributed by atoms with Crippen molar-refractivity contribution in [3.8, 4) is 5.75 Å². The van der Waals surface area contributed by atoms with Crippen LogP contribution in [0.1, 0.15) is 21.5 Å². The van der Waals surface area contributed by atoms with Gasteiger partial charge in [0.2, 0.25) is 0 Å². The lowest BCUT2D eigenvalue weighted by Gasteiger charge is -2.11. The number of alkyl halides is 3. The van der Waals surface area contributed by atoms with E-state index in [1.54, 1.807) is 24.3 Å². The van der Waals surface area contributed by atoms with Crippen LogP contribution in [0.15, 0.2) is 71.2 Å². The fourth-order valence-corrected chi connectivity index (χ4v) is 3.01. The van der Waals surface area contributed by atoms with Gasteiger partial charge in [0.1, 0.15) is 5.75 Å². The van der Waals surface area contributed by atoms with Gasteiger partial charge in [-0.25, -0.2) is 0 Å². The van der Waals surface area contributed by atoms with Crippen LogP contribution in [0.4, 0.5) is 24.5 Å². The molecule has 0 saturated carbocycles. The second kappa shape index (κ2) is 9.86. The highest BCUT2D eigenvalue weighted by atomic mass is 79.9. The van der Waals surface area contributed by atoms with Crippen molar-refractivity contribution < 1.29 is 27.5 Å². The number of ether oxygens (including phenoxy) is 1. The Morgan fingerprint density at radius 2 is 1.62 bits per heavy atom. The van der Waals surface area contributed by atoms with E-state index in [0.717, 1.165) is 22.2 Å². The van der Waals surface area contributed by atoms with Gasteiger partial charge in [-0.05, 0) is 67.1 Å². The Kier molecular flexibility index (Phi) is 7.19. The minimum Gasteiger partial charge on any atom is -0.484 e. The quantitative estimate of drug-likeness (QED) is 0.427. The van der Waals surface area contributed by atoms with Crippen molar-refractivity contribution in [1.82, 2.24) is 0 Å². The van der Waals surface area contributed by atoms with E-state index >= 15 is 0 Å². The summed E-state index contributed by atoms with van der Waals surface area (Å²) in [6.45, 7) is 1.66. The van der Waals surface area contributed by atoms with Crippen LogP contribution in [-0.4, -0.2) is 18.4 Å². The first-order valence-electron chi connectivity index (χ1n) is 9.39. The maximum absolute atomic E-state index is 12.8. The highest BCUT2D eigenvalue weighted by molar-refractivity contribution is 9.10. The summed E-state index contributed by atoms with van der Waals surface area (Å²) in [6, 6.07) is 15.7. The number of hydrogen-bond donors (Lipinski definition) is 2. The number of amides is 2. The van der Waals surface area contributed by atoms with E-state index in [9.17, 15) is 22.8 Å². The number of aryl methyl sites for hydroxylation is 1. The molecular formula is C23H18BrF3N2O3. The Morgan fingerprint density at radius 3 is 2.31 bits per heavy atom. The van der Waals surface area contributed by atoms with E-state index in [1.807, 2.05) is 13.0 Å². The minimum absolute atomic E-state index is 0.0115. The second-order valence-electron chi connectivity index (χ2n) is 6.86. The van der Waals surface area contributed by atoms with Gasteiger partial charge in [0.25, 0.3) is 11.8 Å². The van der Waals surface area contributed by atoms with Gasteiger partial charge in [0.05, 0.1) is 5.56 Å². The van der Waals surface area contributed by atoms with Gasteiger partial charge < -0.3 is 15.4 Å². The van der Waals surface area contributed by atoms with Gasteiger partial charge in [0.15, 0.2) is 6.61 Å². The van der Waals surface area contributed by atoms with E-state index in [2.05, 4.69) is 26.6 Å². The molecule has 0 radical (unpaired) electrons. The van der Waals surface area contributed by atoms with Gasteiger partial charge in [-0.15, -0.1) is 0 Å². The Labute approximate surface area is 190 Å². The van der Waals surface area contributed by atoms with Crippen LogP contribution in [0, 0.1) is 6.92 Å². The van der Waals surface area contributed by atoms with Crippen molar-refractivity contribution in [2.45, 2.75) is 13.1 Å². The van der Waals surface area contributed by atoms with Crippen LogP contribution in [0.3, 0.4) is 0 Å². The SMILES string of the molecule is Cc1cc(OCC(=O)Nc2cccc(C(=O)Nc3cccc(C(F)(F)F)c3)c2)ccc1Br. The number of benzene rings is 3. The maximum atomic E-state index is 12.8. The van der Waals surface area contributed by atoms with Gasteiger partial charge in [-0.2, -0.15) is 13.2 Å². The number of carbonyl (C=O) groups excluding carboxylic acids is 2. The van der Waals surface area contributed by atoms with Crippen molar-refractivity contribution in [2.24, 2.45) is 0 Å². The van der Waals surface area contributed by atoms with Gasteiger partial charge in [-0.1, -0.05) is 28.1 Å². The zero-order valence-corrected chi connectivity index (χ0v) is 18.4. The number of halogens is 4. The molecular weight excluding hydrogens is 489 g/mol. The zero-order valence-electron chi connectivity index (χ0n) is 16.8.